The first-order valence-corrected chi connectivity index (χ1v) is 9.92. The molecule has 3 rings (SSSR count). The monoisotopic (exact) mass is 376 g/mol. The van der Waals surface area contributed by atoms with Crippen LogP contribution < -0.4 is 10.1 Å². The number of likely N-dealkylation sites (tertiary alicyclic amines) is 1. The molecule has 2 atom stereocenters. The van der Waals surface area contributed by atoms with Gasteiger partial charge in [-0.2, -0.15) is 16.7 Å². The molecule has 1 aliphatic rings. The molecule has 0 bridgehead atoms. The van der Waals surface area contributed by atoms with Crippen LogP contribution in [0.3, 0.4) is 0 Å². The number of carbonyl (C=O) groups excluding carboxylic acids is 1. The number of thioether (sulfide) groups is 1. The minimum Gasteiger partial charge on any atom is -0.497 e. The number of methoxy groups -OCH3 is 1. The van der Waals surface area contributed by atoms with Crippen molar-refractivity contribution in [2.75, 3.05) is 26.5 Å². The van der Waals surface area contributed by atoms with Gasteiger partial charge in [-0.3, -0.25) is 9.69 Å². The summed E-state index contributed by atoms with van der Waals surface area (Å²) in [5.74, 6) is 3.09. The van der Waals surface area contributed by atoms with E-state index in [9.17, 15) is 4.79 Å². The molecular formula is C18H24N4O3S. The SMILES string of the molecule is COc1ccc([C@@H]2CN(Cc3nc(CSC)no3)C[C@H]2NC(C)=O)cc1. The summed E-state index contributed by atoms with van der Waals surface area (Å²) >= 11 is 1.66. The standard InChI is InChI=1S/C18H24N4O3S/c1-12(23)19-16-9-22(10-18-20-17(11-26-3)21-25-18)8-15(16)13-4-6-14(24-2)7-5-13/h4-7,15-16H,8-11H2,1-3H3,(H,19,23)/t15-,16+/m0/s1. The van der Waals surface area contributed by atoms with Crippen LogP contribution in [0.25, 0.3) is 0 Å². The highest BCUT2D eigenvalue weighted by atomic mass is 32.2. The van der Waals surface area contributed by atoms with E-state index in [0.29, 0.717) is 12.4 Å². The van der Waals surface area contributed by atoms with Gasteiger partial charge in [-0.15, -0.1) is 0 Å². The van der Waals surface area contributed by atoms with Crippen LogP contribution in [0, 0.1) is 0 Å². The minimum atomic E-state index is -0.0181. The summed E-state index contributed by atoms with van der Waals surface area (Å²) in [6.45, 7) is 3.71. The van der Waals surface area contributed by atoms with Crippen molar-refractivity contribution in [3.05, 3.63) is 41.5 Å². The van der Waals surface area contributed by atoms with E-state index >= 15 is 0 Å². The molecule has 140 valence electrons. The van der Waals surface area contributed by atoms with E-state index in [4.69, 9.17) is 9.26 Å². The van der Waals surface area contributed by atoms with E-state index in [1.54, 1.807) is 25.8 Å². The van der Waals surface area contributed by atoms with Gasteiger partial charge in [0, 0.05) is 32.0 Å². The summed E-state index contributed by atoms with van der Waals surface area (Å²) in [7, 11) is 1.65. The number of aromatic nitrogens is 2. The van der Waals surface area contributed by atoms with Crippen LogP contribution in [0.5, 0.6) is 5.75 Å². The molecule has 1 amide bonds. The smallest absolute Gasteiger partial charge is 0.240 e. The second kappa shape index (κ2) is 8.55. The molecule has 0 radical (unpaired) electrons. The first-order chi connectivity index (χ1) is 12.6. The van der Waals surface area contributed by atoms with Crippen molar-refractivity contribution >= 4 is 17.7 Å². The minimum absolute atomic E-state index is 0.0181. The summed E-state index contributed by atoms with van der Waals surface area (Å²) in [6, 6.07) is 8.08. The topological polar surface area (TPSA) is 80.5 Å². The Morgan fingerprint density at radius 2 is 2.15 bits per heavy atom. The molecule has 0 unspecified atom stereocenters. The van der Waals surface area contributed by atoms with Gasteiger partial charge in [0.25, 0.3) is 0 Å². The van der Waals surface area contributed by atoms with Crippen LogP contribution >= 0.6 is 11.8 Å². The van der Waals surface area contributed by atoms with Crippen molar-refractivity contribution in [1.29, 1.82) is 0 Å². The molecule has 0 saturated carbocycles. The Labute approximate surface area is 157 Å². The average Bonchev–Trinajstić information content (AvgIpc) is 3.22. The second-order valence-corrected chi connectivity index (χ2v) is 7.28. The van der Waals surface area contributed by atoms with Crippen LogP contribution in [-0.2, 0) is 17.1 Å². The Balaban J connectivity index is 1.71. The molecule has 1 fully saturated rings. The number of amides is 1. The van der Waals surface area contributed by atoms with E-state index < -0.39 is 0 Å². The highest BCUT2D eigenvalue weighted by Gasteiger charge is 2.35. The molecule has 2 aromatic rings. The Morgan fingerprint density at radius 1 is 1.38 bits per heavy atom. The van der Waals surface area contributed by atoms with Crippen LogP contribution in [0.15, 0.2) is 28.8 Å². The molecule has 0 aliphatic carbocycles. The lowest BCUT2D eigenvalue weighted by molar-refractivity contribution is -0.119. The number of hydrogen-bond acceptors (Lipinski definition) is 7. The number of nitrogens with one attached hydrogen (secondary N) is 1. The molecule has 26 heavy (non-hydrogen) atoms. The van der Waals surface area contributed by atoms with Gasteiger partial charge in [-0.1, -0.05) is 17.3 Å². The molecule has 8 heteroatoms. The lowest BCUT2D eigenvalue weighted by Gasteiger charge is -2.19. The summed E-state index contributed by atoms with van der Waals surface area (Å²) in [6.07, 6.45) is 2.01. The van der Waals surface area contributed by atoms with Crippen LogP contribution in [0.4, 0.5) is 0 Å². The van der Waals surface area contributed by atoms with E-state index in [0.717, 1.165) is 30.4 Å². The molecule has 1 aromatic carbocycles. The third-order valence-electron chi connectivity index (χ3n) is 4.47. The Morgan fingerprint density at radius 3 is 2.81 bits per heavy atom. The largest absolute Gasteiger partial charge is 0.497 e. The normalized spacial score (nSPS) is 20.3. The van der Waals surface area contributed by atoms with Gasteiger partial charge in [0.2, 0.25) is 11.8 Å². The van der Waals surface area contributed by atoms with Crippen molar-refractivity contribution in [3.63, 3.8) is 0 Å². The van der Waals surface area contributed by atoms with Gasteiger partial charge in [-0.25, -0.2) is 0 Å². The van der Waals surface area contributed by atoms with Gasteiger partial charge < -0.3 is 14.6 Å². The van der Waals surface area contributed by atoms with Crippen LogP contribution in [-0.4, -0.2) is 53.4 Å². The Bertz CT molecular complexity index is 734. The molecule has 1 N–H and O–H groups in total. The molecule has 0 spiro atoms. The second-order valence-electron chi connectivity index (χ2n) is 6.42. The molecule has 2 heterocycles. The lowest BCUT2D eigenvalue weighted by atomic mass is 9.94. The number of rotatable bonds is 7. The van der Waals surface area contributed by atoms with Crippen LogP contribution in [0.1, 0.15) is 30.1 Å². The average molecular weight is 376 g/mol. The zero-order chi connectivity index (χ0) is 18.5. The zero-order valence-electron chi connectivity index (χ0n) is 15.3. The predicted octanol–water partition coefficient (Wildman–Crippen LogP) is 2.05. The highest BCUT2D eigenvalue weighted by Crippen LogP contribution is 2.30. The van der Waals surface area contributed by atoms with Crippen molar-refractivity contribution < 1.29 is 14.1 Å². The third kappa shape index (κ3) is 4.56. The van der Waals surface area contributed by atoms with Crippen LogP contribution in [0.2, 0.25) is 0 Å². The maximum atomic E-state index is 11.6. The van der Waals surface area contributed by atoms with Crippen molar-refractivity contribution in [1.82, 2.24) is 20.4 Å². The van der Waals surface area contributed by atoms with E-state index in [2.05, 4.69) is 32.5 Å². The Kier molecular flexibility index (Phi) is 6.16. The van der Waals surface area contributed by atoms with E-state index in [1.807, 2.05) is 18.4 Å². The number of carbonyl (C=O) groups is 1. The third-order valence-corrected chi connectivity index (χ3v) is 5.02. The fourth-order valence-electron chi connectivity index (χ4n) is 3.34. The van der Waals surface area contributed by atoms with Crippen molar-refractivity contribution in [3.8, 4) is 5.75 Å². The number of nitrogens with zero attached hydrogens (tertiary/aromatic N) is 3. The molecule has 1 aromatic heterocycles. The van der Waals surface area contributed by atoms with Gasteiger partial charge >= 0.3 is 0 Å². The Hall–Kier alpha value is -2.06. The van der Waals surface area contributed by atoms with Gasteiger partial charge in [0.1, 0.15) is 5.75 Å². The number of ether oxygens (including phenoxy) is 1. The summed E-state index contributed by atoms with van der Waals surface area (Å²) in [5.41, 5.74) is 1.18. The van der Waals surface area contributed by atoms with Crippen molar-refractivity contribution in [2.24, 2.45) is 0 Å². The summed E-state index contributed by atoms with van der Waals surface area (Å²) in [4.78, 5) is 18.3. The summed E-state index contributed by atoms with van der Waals surface area (Å²) < 4.78 is 10.6. The van der Waals surface area contributed by atoms with Gasteiger partial charge in [-0.05, 0) is 24.0 Å². The van der Waals surface area contributed by atoms with Gasteiger partial charge in [0.05, 0.1) is 19.4 Å². The van der Waals surface area contributed by atoms with Gasteiger partial charge in [0.15, 0.2) is 5.82 Å². The quantitative estimate of drug-likeness (QED) is 0.792. The molecular weight excluding hydrogens is 352 g/mol. The molecule has 7 nitrogen and oxygen atoms in total. The lowest BCUT2D eigenvalue weighted by Crippen LogP contribution is -2.38. The number of benzene rings is 1. The fraction of sp³-hybridized carbons (Fsp3) is 0.500. The zero-order valence-corrected chi connectivity index (χ0v) is 16.1. The van der Waals surface area contributed by atoms with E-state index in [1.165, 1.54) is 5.56 Å². The maximum Gasteiger partial charge on any atom is 0.240 e. The summed E-state index contributed by atoms with van der Waals surface area (Å²) in [5, 5.41) is 7.07. The fourth-order valence-corrected chi connectivity index (χ4v) is 3.72. The van der Waals surface area contributed by atoms with E-state index in [-0.39, 0.29) is 17.9 Å². The first kappa shape index (κ1) is 18.7. The highest BCUT2D eigenvalue weighted by molar-refractivity contribution is 7.97. The van der Waals surface area contributed by atoms with Crippen molar-refractivity contribution in [2.45, 2.75) is 31.2 Å². The maximum absolute atomic E-state index is 11.6. The predicted molar refractivity (Wildman–Crippen MR) is 100 cm³/mol. The molecule has 1 saturated heterocycles. The number of hydrogen-bond donors (Lipinski definition) is 1. The first-order valence-electron chi connectivity index (χ1n) is 8.53. The molecule has 1 aliphatic heterocycles.